The van der Waals surface area contributed by atoms with E-state index in [-0.39, 0.29) is 0 Å². The van der Waals surface area contributed by atoms with Crippen molar-refractivity contribution in [3.8, 4) is 0 Å². The van der Waals surface area contributed by atoms with Crippen molar-refractivity contribution in [2.45, 2.75) is 6.54 Å². The first-order valence-corrected chi connectivity index (χ1v) is 5.24. The topological polar surface area (TPSA) is 29.0 Å². The highest BCUT2D eigenvalue weighted by Gasteiger charge is 2.03. The van der Waals surface area contributed by atoms with Gasteiger partial charge in [-0.25, -0.2) is 4.98 Å². The summed E-state index contributed by atoms with van der Waals surface area (Å²) in [7, 11) is 2.04. The number of anilines is 1. The molecule has 2 rings (SSSR count). The highest BCUT2D eigenvalue weighted by Crippen LogP contribution is 2.17. The Balaban J connectivity index is 2.06. The Morgan fingerprint density at radius 3 is 2.71 bits per heavy atom. The molecule has 0 aliphatic carbocycles. The van der Waals surface area contributed by atoms with E-state index in [1.807, 2.05) is 43.2 Å². The van der Waals surface area contributed by atoms with Crippen LogP contribution in [-0.2, 0) is 6.54 Å². The van der Waals surface area contributed by atoms with Gasteiger partial charge in [0.1, 0.15) is 0 Å². The molecule has 0 fully saturated rings. The molecule has 0 amide bonds. The van der Waals surface area contributed by atoms with Crippen molar-refractivity contribution in [2.75, 3.05) is 11.9 Å². The molecule has 2 aromatic heterocycles. The third-order valence-corrected chi connectivity index (χ3v) is 2.80. The lowest BCUT2D eigenvalue weighted by atomic mass is 10.2. The zero-order valence-electron chi connectivity index (χ0n) is 7.92. The number of aromatic nitrogens is 2. The van der Waals surface area contributed by atoms with Crippen LogP contribution in [0.3, 0.4) is 0 Å². The van der Waals surface area contributed by atoms with Crippen LogP contribution >= 0.6 is 11.3 Å². The summed E-state index contributed by atoms with van der Waals surface area (Å²) in [5, 5.41) is 3.03. The Hall–Kier alpha value is -1.42. The summed E-state index contributed by atoms with van der Waals surface area (Å²) >= 11 is 1.65. The molecule has 0 spiro atoms. The predicted octanol–water partition coefficient (Wildman–Crippen LogP) is 2.17. The molecule has 72 valence electrons. The summed E-state index contributed by atoms with van der Waals surface area (Å²) in [4.78, 5) is 10.4. The maximum Gasteiger partial charge on any atom is 0.185 e. The van der Waals surface area contributed by atoms with Crippen LogP contribution in [0.15, 0.2) is 36.1 Å². The second-order valence-electron chi connectivity index (χ2n) is 3.03. The fraction of sp³-hybridized carbons (Fsp3) is 0.200. The van der Waals surface area contributed by atoms with Crippen molar-refractivity contribution in [3.05, 3.63) is 41.7 Å². The first-order chi connectivity index (χ1) is 6.86. The summed E-state index contributed by atoms with van der Waals surface area (Å²) in [6.45, 7) is 0.871. The van der Waals surface area contributed by atoms with Crippen molar-refractivity contribution in [1.82, 2.24) is 9.97 Å². The number of pyridine rings is 1. The molecule has 0 radical (unpaired) electrons. The SMILES string of the molecule is CN(Cc1ccncc1)c1nccs1. The monoisotopic (exact) mass is 205 g/mol. The quantitative estimate of drug-likeness (QED) is 0.769. The van der Waals surface area contributed by atoms with E-state index in [0.29, 0.717) is 0 Å². The van der Waals surface area contributed by atoms with Gasteiger partial charge in [0.2, 0.25) is 0 Å². The van der Waals surface area contributed by atoms with E-state index in [1.54, 1.807) is 11.3 Å². The van der Waals surface area contributed by atoms with Crippen molar-refractivity contribution >= 4 is 16.5 Å². The van der Waals surface area contributed by atoms with Gasteiger partial charge in [0.25, 0.3) is 0 Å². The molecule has 0 aromatic carbocycles. The van der Waals surface area contributed by atoms with Gasteiger partial charge >= 0.3 is 0 Å². The van der Waals surface area contributed by atoms with E-state index in [4.69, 9.17) is 0 Å². The summed E-state index contributed by atoms with van der Waals surface area (Å²) in [6, 6.07) is 4.04. The standard InChI is InChI=1S/C10H11N3S/c1-13(10-12-6-7-14-10)8-9-2-4-11-5-3-9/h2-7H,8H2,1H3. The van der Waals surface area contributed by atoms with Gasteiger partial charge in [-0.2, -0.15) is 0 Å². The van der Waals surface area contributed by atoms with Crippen LogP contribution in [0.25, 0.3) is 0 Å². The average molecular weight is 205 g/mol. The summed E-state index contributed by atoms with van der Waals surface area (Å²) in [5.41, 5.74) is 1.25. The summed E-state index contributed by atoms with van der Waals surface area (Å²) < 4.78 is 0. The lowest BCUT2D eigenvalue weighted by molar-refractivity contribution is 0.911. The molecule has 2 aromatic rings. The molecular formula is C10H11N3S. The first-order valence-electron chi connectivity index (χ1n) is 4.36. The van der Waals surface area contributed by atoms with Crippen molar-refractivity contribution in [3.63, 3.8) is 0 Å². The molecule has 4 heteroatoms. The van der Waals surface area contributed by atoms with Crippen molar-refractivity contribution in [1.29, 1.82) is 0 Å². The van der Waals surface area contributed by atoms with Gasteiger partial charge in [-0.15, -0.1) is 11.3 Å². The minimum Gasteiger partial charge on any atom is -0.347 e. The predicted molar refractivity (Wildman–Crippen MR) is 58.5 cm³/mol. The zero-order valence-corrected chi connectivity index (χ0v) is 8.74. The molecule has 0 aliphatic rings. The Morgan fingerprint density at radius 1 is 1.29 bits per heavy atom. The molecule has 0 unspecified atom stereocenters. The molecule has 0 N–H and O–H groups in total. The van der Waals surface area contributed by atoms with Gasteiger partial charge in [-0.1, -0.05) is 0 Å². The van der Waals surface area contributed by atoms with Crippen LogP contribution in [-0.4, -0.2) is 17.0 Å². The van der Waals surface area contributed by atoms with Crippen molar-refractivity contribution < 1.29 is 0 Å². The highest BCUT2D eigenvalue weighted by molar-refractivity contribution is 7.13. The van der Waals surface area contributed by atoms with Crippen molar-refractivity contribution in [2.24, 2.45) is 0 Å². The van der Waals surface area contributed by atoms with Gasteiger partial charge in [-0.05, 0) is 17.7 Å². The number of hydrogen-bond donors (Lipinski definition) is 0. The average Bonchev–Trinajstić information content (AvgIpc) is 2.72. The molecule has 2 heterocycles. The fourth-order valence-electron chi connectivity index (χ4n) is 1.23. The normalized spacial score (nSPS) is 10.1. The van der Waals surface area contributed by atoms with Gasteiger partial charge in [0, 0.05) is 37.6 Å². The lowest BCUT2D eigenvalue weighted by Crippen LogP contribution is -2.15. The van der Waals surface area contributed by atoms with E-state index < -0.39 is 0 Å². The lowest BCUT2D eigenvalue weighted by Gasteiger charge is -2.15. The summed E-state index contributed by atoms with van der Waals surface area (Å²) in [5.74, 6) is 0. The Kier molecular flexibility index (Phi) is 2.74. The van der Waals surface area contributed by atoms with E-state index in [9.17, 15) is 0 Å². The Bertz CT molecular complexity index is 372. The maximum absolute atomic E-state index is 4.24. The summed E-state index contributed by atoms with van der Waals surface area (Å²) in [6.07, 6.45) is 5.44. The zero-order chi connectivity index (χ0) is 9.80. The van der Waals surface area contributed by atoms with Crippen LogP contribution in [0.2, 0.25) is 0 Å². The first kappa shape index (κ1) is 9.15. The van der Waals surface area contributed by atoms with Crippen LogP contribution in [0, 0.1) is 0 Å². The van der Waals surface area contributed by atoms with Crippen LogP contribution in [0.5, 0.6) is 0 Å². The molecule has 0 atom stereocenters. The van der Waals surface area contributed by atoms with E-state index in [2.05, 4.69) is 14.9 Å². The molecule has 3 nitrogen and oxygen atoms in total. The highest BCUT2D eigenvalue weighted by atomic mass is 32.1. The smallest absolute Gasteiger partial charge is 0.185 e. The van der Waals surface area contributed by atoms with Gasteiger partial charge in [0.05, 0.1) is 0 Å². The Labute approximate surface area is 87.1 Å². The molecular weight excluding hydrogens is 194 g/mol. The molecule has 0 saturated carbocycles. The van der Waals surface area contributed by atoms with Crippen LogP contribution in [0.1, 0.15) is 5.56 Å². The maximum atomic E-state index is 4.24. The van der Waals surface area contributed by atoms with Crippen LogP contribution < -0.4 is 4.90 Å². The fourth-order valence-corrected chi connectivity index (χ4v) is 1.84. The minimum atomic E-state index is 0.871. The number of thiazole rings is 1. The van der Waals surface area contributed by atoms with Gasteiger partial charge in [-0.3, -0.25) is 4.98 Å². The van der Waals surface area contributed by atoms with E-state index >= 15 is 0 Å². The van der Waals surface area contributed by atoms with Gasteiger partial charge in [0.15, 0.2) is 5.13 Å². The largest absolute Gasteiger partial charge is 0.347 e. The molecule has 0 aliphatic heterocycles. The third kappa shape index (κ3) is 2.09. The molecule has 14 heavy (non-hydrogen) atoms. The van der Waals surface area contributed by atoms with Gasteiger partial charge < -0.3 is 4.90 Å². The third-order valence-electron chi connectivity index (χ3n) is 1.91. The number of hydrogen-bond acceptors (Lipinski definition) is 4. The van der Waals surface area contributed by atoms with E-state index in [1.165, 1.54) is 5.56 Å². The molecule has 0 saturated heterocycles. The molecule has 0 bridgehead atoms. The second-order valence-corrected chi connectivity index (χ2v) is 3.90. The number of nitrogens with zero attached hydrogens (tertiary/aromatic N) is 3. The van der Waals surface area contributed by atoms with Crippen LogP contribution in [0.4, 0.5) is 5.13 Å². The van der Waals surface area contributed by atoms with E-state index in [0.717, 1.165) is 11.7 Å². The number of rotatable bonds is 3. The minimum absolute atomic E-state index is 0.871. The Morgan fingerprint density at radius 2 is 2.07 bits per heavy atom. The second kappa shape index (κ2) is 4.19.